The molecule has 0 radical (unpaired) electrons. The first kappa shape index (κ1) is 24.7. The van der Waals surface area contributed by atoms with Crippen LogP contribution in [0.4, 0.5) is 0 Å². The second-order valence-corrected chi connectivity index (χ2v) is 12.5. The summed E-state index contributed by atoms with van der Waals surface area (Å²) in [6.07, 6.45) is 0.309. The smallest absolute Gasteiger partial charge is 0.317 e. The molecule has 0 spiro atoms. The average Bonchev–Trinajstić information content (AvgIpc) is 3.21. The van der Waals surface area contributed by atoms with Crippen LogP contribution >= 0.6 is 7.26 Å². The molecule has 184 valence electrons. The molecule has 0 aromatic heterocycles. The van der Waals surface area contributed by atoms with Gasteiger partial charge < -0.3 is 9.84 Å². The van der Waals surface area contributed by atoms with Gasteiger partial charge in [-0.3, -0.25) is 9.59 Å². The number of Topliss-reactive ketones (excluding diaryl/α,β-unsaturated/α-hetero) is 1. The number of aliphatic hydroxyl groups excluding tert-OH is 1. The van der Waals surface area contributed by atoms with E-state index in [1.54, 1.807) is 31.2 Å². The molecule has 4 nitrogen and oxygen atoms in total. The number of carbonyl (C=O) groups is 2. The van der Waals surface area contributed by atoms with E-state index in [0.717, 1.165) is 15.9 Å². The highest BCUT2D eigenvalue weighted by atomic mass is 31.2. The number of hydrogen-bond donors (Lipinski definition) is 1. The molecule has 5 heteroatoms. The highest BCUT2D eigenvalue weighted by Gasteiger charge is 2.52. The van der Waals surface area contributed by atoms with Crippen LogP contribution in [0.25, 0.3) is 5.76 Å². The Hall–Kier alpha value is -4.01. The molecule has 1 atom stereocenters. The summed E-state index contributed by atoms with van der Waals surface area (Å²) in [6.45, 7) is 1.93. The van der Waals surface area contributed by atoms with Crippen LogP contribution < -0.4 is 15.9 Å². The molecule has 0 saturated carbocycles. The Morgan fingerprint density at radius 1 is 0.730 bits per heavy atom. The van der Waals surface area contributed by atoms with Gasteiger partial charge in [-0.25, -0.2) is 0 Å². The molecule has 1 N–H and O–H groups in total. The standard InChI is InChI=1S/C32H27O4P/c1-2-36-32(35)28(29-30(33)26-20-12-13-21-27(26)31(29)34)22-37(23-14-6-3-7-15-23,24-16-8-4-9-17-24)25-18-10-5-11-19-25/h3-21,28H,2,22H2,1H3/p+1. The highest BCUT2D eigenvalue weighted by molar-refractivity contribution is 7.95. The van der Waals surface area contributed by atoms with Crippen molar-refractivity contribution < 1.29 is 19.4 Å². The number of aliphatic hydroxyl groups is 1. The average molecular weight is 508 g/mol. The zero-order valence-corrected chi connectivity index (χ0v) is 21.5. The van der Waals surface area contributed by atoms with E-state index < -0.39 is 19.1 Å². The quantitative estimate of drug-likeness (QED) is 0.259. The summed E-state index contributed by atoms with van der Waals surface area (Å²) in [5.41, 5.74) is 0.985. The van der Waals surface area contributed by atoms with Crippen LogP contribution in [-0.4, -0.2) is 29.6 Å². The van der Waals surface area contributed by atoms with Crippen LogP contribution in [0.5, 0.6) is 0 Å². The lowest BCUT2D eigenvalue weighted by Gasteiger charge is -2.30. The highest BCUT2D eigenvalue weighted by Crippen LogP contribution is 2.58. The molecule has 0 heterocycles. The molecule has 0 fully saturated rings. The number of rotatable bonds is 8. The van der Waals surface area contributed by atoms with Gasteiger partial charge in [0, 0.05) is 11.1 Å². The minimum atomic E-state index is -2.49. The maximum absolute atomic E-state index is 13.6. The predicted octanol–water partition coefficient (Wildman–Crippen LogP) is 5.33. The van der Waals surface area contributed by atoms with E-state index in [0.29, 0.717) is 17.3 Å². The summed E-state index contributed by atoms with van der Waals surface area (Å²) in [5.74, 6) is -1.91. The molecule has 37 heavy (non-hydrogen) atoms. The monoisotopic (exact) mass is 507 g/mol. The van der Waals surface area contributed by atoms with Crippen molar-refractivity contribution in [3.8, 4) is 0 Å². The van der Waals surface area contributed by atoms with E-state index in [4.69, 9.17) is 4.74 Å². The van der Waals surface area contributed by atoms with Crippen molar-refractivity contribution in [1.82, 2.24) is 0 Å². The lowest BCUT2D eigenvalue weighted by atomic mass is 9.97. The molecule has 1 unspecified atom stereocenters. The van der Waals surface area contributed by atoms with Gasteiger partial charge in [-0.2, -0.15) is 0 Å². The summed E-state index contributed by atoms with van der Waals surface area (Å²) < 4.78 is 5.55. The Morgan fingerprint density at radius 2 is 1.16 bits per heavy atom. The third kappa shape index (κ3) is 4.39. The minimum Gasteiger partial charge on any atom is -0.507 e. The van der Waals surface area contributed by atoms with Crippen LogP contribution in [-0.2, 0) is 9.53 Å². The van der Waals surface area contributed by atoms with Crippen LogP contribution in [0.2, 0.25) is 0 Å². The SMILES string of the molecule is CCOC(=O)C(C[P+](c1ccccc1)(c1ccccc1)c1ccccc1)C1=C(O)c2ccccc2C1=O. The van der Waals surface area contributed by atoms with Crippen molar-refractivity contribution in [3.63, 3.8) is 0 Å². The molecule has 5 rings (SSSR count). The van der Waals surface area contributed by atoms with Gasteiger partial charge in [-0.05, 0) is 43.3 Å². The summed E-state index contributed by atoms with van der Waals surface area (Å²) in [7, 11) is -2.49. The Balaban J connectivity index is 1.77. The first-order valence-corrected chi connectivity index (χ1v) is 14.3. The first-order chi connectivity index (χ1) is 18.1. The lowest BCUT2D eigenvalue weighted by molar-refractivity contribution is -0.145. The van der Waals surface area contributed by atoms with Gasteiger partial charge in [-0.15, -0.1) is 0 Å². The van der Waals surface area contributed by atoms with Crippen LogP contribution in [0.3, 0.4) is 0 Å². The summed E-state index contributed by atoms with van der Waals surface area (Å²) in [4.78, 5) is 27.3. The van der Waals surface area contributed by atoms with Gasteiger partial charge in [0.05, 0.1) is 18.3 Å². The van der Waals surface area contributed by atoms with E-state index in [-0.39, 0.29) is 23.7 Å². The number of hydrogen-bond acceptors (Lipinski definition) is 4. The topological polar surface area (TPSA) is 63.6 Å². The minimum absolute atomic E-state index is 0.117. The summed E-state index contributed by atoms with van der Waals surface area (Å²) in [6, 6.07) is 37.4. The zero-order chi connectivity index (χ0) is 25.8. The zero-order valence-electron chi connectivity index (χ0n) is 20.6. The maximum atomic E-state index is 13.6. The van der Waals surface area contributed by atoms with Crippen LogP contribution in [0.1, 0.15) is 22.8 Å². The Labute approximate surface area is 217 Å². The Bertz CT molecular complexity index is 1350. The molecule has 1 aliphatic carbocycles. The van der Waals surface area contributed by atoms with Gasteiger partial charge in [0.2, 0.25) is 0 Å². The molecule has 0 saturated heterocycles. The number of benzene rings is 4. The number of fused-ring (bicyclic) bond motifs is 1. The van der Waals surface area contributed by atoms with Crippen molar-refractivity contribution >= 4 is 40.7 Å². The molecule has 0 bridgehead atoms. The van der Waals surface area contributed by atoms with Crippen molar-refractivity contribution in [3.05, 3.63) is 132 Å². The molecule has 0 aliphatic heterocycles. The number of carbonyl (C=O) groups excluding carboxylic acids is 2. The van der Waals surface area contributed by atoms with Crippen molar-refractivity contribution in [2.75, 3.05) is 12.8 Å². The molecule has 4 aromatic carbocycles. The van der Waals surface area contributed by atoms with E-state index in [2.05, 4.69) is 36.4 Å². The lowest BCUT2D eigenvalue weighted by Crippen LogP contribution is -2.39. The molecular formula is C32H28O4P+. The molecule has 1 aliphatic rings. The summed E-state index contributed by atoms with van der Waals surface area (Å²) in [5, 5.41) is 14.5. The predicted molar refractivity (Wildman–Crippen MR) is 150 cm³/mol. The molecule has 0 amide bonds. The maximum Gasteiger partial charge on any atom is 0.317 e. The fourth-order valence-electron chi connectivity index (χ4n) is 5.22. The largest absolute Gasteiger partial charge is 0.507 e. The normalized spacial score (nSPS) is 13.8. The van der Waals surface area contributed by atoms with E-state index in [1.807, 2.05) is 54.6 Å². The number of ether oxygens (including phenoxy) is 1. The number of esters is 1. The first-order valence-electron chi connectivity index (χ1n) is 12.4. The van der Waals surface area contributed by atoms with Crippen LogP contribution in [0.15, 0.2) is 121 Å². The van der Waals surface area contributed by atoms with Gasteiger partial charge in [-0.1, -0.05) is 78.9 Å². The Kier molecular flexibility index (Phi) is 7.03. The van der Waals surface area contributed by atoms with E-state index in [9.17, 15) is 14.7 Å². The molecular weight excluding hydrogens is 479 g/mol. The van der Waals surface area contributed by atoms with E-state index >= 15 is 0 Å². The second-order valence-electron chi connectivity index (χ2n) is 8.94. The second kappa shape index (κ2) is 10.5. The third-order valence-corrected chi connectivity index (χ3v) is 11.3. The van der Waals surface area contributed by atoms with Crippen molar-refractivity contribution in [2.45, 2.75) is 6.92 Å². The fraction of sp³-hybridized carbons (Fsp3) is 0.125. The third-order valence-electron chi connectivity index (χ3n) is 6.89. The van der Waals surface area contributed by atoms with Gasteiger partial charge in [0.25, 0.3) is 0 Å². The molecule has 4 aromatic rings. The number of ketones is 1. The van der Waals surface area contributed by atoms with Gasteiger partial charge >= 0.3 is 5.97 Å². The summed E-state index contributed by atoms with van der Waals surface area (Å²) >= 11 is 0. The van der Waals surface area contributed by atoms with Crippen LogP contribution in [0, 0.1) is 5.92 Å². The van der Waals surface area contributed by atoms with Gasteiger partial charge in [0.1, 0.15) is 34.9 Å². The fourth-order valence-corrected chi connectivity index (χ4v) is 9.67. The van der Waals surface area contributed by atoms with Gasteiger partial charge in [0.15, 0.2) is 5.78 Å². The Morgan fingerprint density at radius 3 is 1.59 bits per heavy atom. The van der Waals surface area contributed by atoms with E-state index in [1.165, 1.54) is 0 Å². The van der Waals surface area contributed by atoms with Crippen molar-refractivity contribution in [1.29, 1.82) is 0 Å². The van der Waals surface area contributed by atoms with Crippen molar-refractivity contribution in [2.24, 2.45) is 5.92 Å².